The number of aryl methyl sites for hydroxylation is 1. The van der Waals surface area contributed by atoms with E-state index in [-0.39, 0.29) is 0 Å². The van der Waals surface area contributed by atoms with Crippen LogP contribution in [0.2, 0.25) is 0 Å². The first-order valence-corrected chi connectivity index (χ1v) is 7.00. The van der Waals surface area contributed by atoms with Crippen LogP contribution in [-0.4, -0.2) is 13.2 Å². The summed E-state index contributed by atoms with van der Waals surface area (Å²) in [6, 6.07) is 14.6. The first-order valence-electron chi connectivity index (χ1n) is 7.00. The van der Waals surface area contributed by atoms with E-state index in [9.17, 15) is 0 Å². The van der Waals surface area contributed by atoms with Crippen LogP contribution in [-0.2, 0) is 6.54 Å². The van der Waals surface area contributed by atoms with E-state index in [1.807, 2.05) is 18.2 Å². The molecule has 2 aromatic rings. The van der Waals surface area contributed by atoms with Gasteiger partial charge in [0, 0.05) is 24.7 Å². The lowest BCUT2D eigenvalue weighted by molar-refractivity contribution is 0.297. The molecule has 20 heavy (non-hydrogen) atoms. The monoisotopic (exact) mass is 269 g/mol. The lowest BCUT2D eigenvalue weighted by Crippen LogP contribution is -2.00. The number of anilines is 1. The summed E-state index contributed by atoms with van der Waals surface area (Å²) in [5, 5.41) is 3.42. The average Bonchev–Trinajstić information content (AvgIpc) is 2.71. The van der Waals surface area contributed by atoms with Crippen molar-refractivity contribution < 1.29 is 9.47 Å². The quantitative estimate of drug-likeness (QED) is 0.920. The number of rotatable bonds is 3. The fraction of sp³-hybridized carbons (Fsp3) is 0.294. The molecule has 0 fully saturated rings. The van der Waals surface area contributed by atoms with Gasteiger partial charge >= 0.3 is 0 Å². The molecule has 3 heteroatoms. The third-order valence-corrected chi connectivity index (χ3v) is 3.36. The van der Waals surface area contributed by atoms with Crippen molar-refractivity contribution in [1.29, 1.82) is 0 Å². The van der Waals surface area contributed by atoms with Crippen LogP contribution in [0.15, 0.2) is 42.5 Å². The number of hydrogen-bond donors (Lipinski definition) is 1. The summed E-state index contributed by atoms with van der Waals surface area (Å²) in [5.74, 6) is 1.67. The molecule has 1 aliphatic heterocycles. The van der Waals surface area contributed by atoms with Crippen molar-refractivity contribution in [2.75, 3.05) is 18.5 Å². The van der Waals surface area contributed by atoms with E-state index >= 15 is 0 Å². The molecule has 0 saturated carbocycles. The maximum absolute atomic E-state index is 5.69. The molecule has 3 nitrogen and oxygen atoms in total. The van der Waals surface area contributed by atoms with Crippen molar-refractivity contribution in [3.05, 3.63) is 53.6 Å². The molecule has 3 rings (SSSR count). The molecule has 0 atom stereocenters. The van der Waals surface area contributed by atoms with E-state index in [2.05, 4.69) is 36.5 Å². The Hall–Kier alpha value is -2.16. The summed E-state index contributed by atoms with van der Waals surface area (Å²) >= 11 is 0. The molecule has 0 bridgehead atoms. The highest BCUT2D eigenvalue weighted by Crippen LogP contribution is 2.32. The van der Waals surface area contributed by atoms with E-state index < -0.39 is 0 Å². The highest BCUT2D eigenvalue weighted by molar-refractivity contribution is 5.55. The van der Waals surface area contributed by atoms with Crippen LogP contribution < -0.4 is 14.8 Å². The van der Waals surface area contributed by atoms with E-state index in [0.717, 1.165) is 36.8 Å². The van der Waals surface area contributed by atoms with Crippen LogP contribution in [0.4, 0.5) is 5.69 Å². The molecule has 0 aromatic heterocycles. The van der Waals surface area contributed by atoms with Gasteiger partial charge in [0.25, 0.3) is 0 Å². The van der Waals surface area contributed by atoms with Gasteiger partial charge in [-0.2, -0.15) is 0 Å². The number of fused-ring (bicyclic) bond motifs is 1. The van der Waals surface area contributed by atoms with E-state index in [1.54, 1.807) is 0 Å². The smallest absolute Gasteiger partial charge is 0.163 e. The van der Waals surface area contributed by atoms with Gasteiger partial charge in [-0.1, -0.05) is 29.8 Å². The minimum Gasteiger partial charge on any atom is -0.490 e. The molecule has 0 aliphatic carbocycles. The number of benzene rings is 2. The second-order valence-electron chi connectivity index (χ2n) is 5.05. The van der Waals surface area contributed by atoms with E-state index in [4.69, 9.17) is 9.47 Å². The van der Waals surface area contributed by atoms with Gasteiger partial charge in [0.15, 0.2) is 11.5 Å². The molecule has 0 unspecified atom stereocenters. The maximum Gasteiger partial charge on any atom is 0.163 e. The van der Waals surface area contributed by atoms with Gasteiger partial charge < -0.3 is 14.8 Å². The predicted molar refractivity (Wildman–Crippen MR) is 80.6 cm³/mol. The second kappa shape index (κ2) is 5.87. The van der Waals surface area contributed by atoms with Gasteiger partial charge in [-0.25, -0.2) is 0 Å². The molecular weight excluding hydrogens is 250 g/mol. The van der Waals surface area contributed by atoms with Gasteiger partial charge in [-0.3, -0.25) is 0 Å². The second-order valence-corrected chi connectivity index (χ2v) is 5.05. The molecule has 0 radical (unpaired) electrons. The Balaban J connectivity index is 1.68. The summed E-state index contributed by atoms with van der Waals surface area (Å²) in [4.78, 5) is 0. The van der Waals surface area contributed by atoms with Gasteiger partial charge in [0.2, 0.25) is 0 Å². The van der Waals surface area contributed by atoms with Crippen LogP contribution in [0.1, 0.15) is 17.5 Å². The Morgan fingerprint density at radius 1 is 0.950 bits per heavy atom. The summed E-state index contributed by atoms with van der Waals surface area (Å²) in [6.45, 7) is 4.35. The molecular formula is C17H19NO2. The Bertz CT molecular complexity index is 578. The van der Waals surface area contributed by atoms with Crippen molar-refractivity contribution >= 4 is 5.69 Å². The number of ether oxygens (including phenoxy) is 2. The Morgan fingerprint density at radius 3 is 2.50 bits per heavy atom. The van der Waals surface area contributed by atoms with Crippen LogP contribution >= 0.6 is 0 Å². The number of nitrogens with one attached hydrogen (secondary N) is 1. The Kier molecular flexibility index (Phi) is 3.77. The molecule has 0 saturated heterocycles. The summed E-state index contributed by atoms with van der Waals surface area (Å²) < 4.78 is 11.3. The molecule has 1 aliphatic rings. The normalized spacial score (nSPS) is 13.7. The summed E-state index contributed by atoms with van der Waals surface area (Å²) in [5.41, 5.74) is 3.60. The van der Waals surface area contributed by atoms with Gasteiger partial charge in [0.1, 0.15) is 0 Å². The van der Waals surface area contributed by atoms with Crippen LogP contribution in [0.3, 0.4) is 0 Å². The van der Waals surface area contributed by atoms with Crippen molar-refractivity contribution in [3.63, 3.8) is 0 Å². The van der Waals surface area contributed by atoms with Gasteiger partial charge in [0.05, 0.1) is 13.2 Å². The van der Waals surface area contributed by atoms with Crippen molar-refractivity contribution in [2.45, 2.75) is 19.9 Å². The minimum absolute atomic E-state index is 0.717. The zero-order valence-electron chi connectivity index (χ0n) is 11.7. The fourth-order valence-electron chi connectivity index (χ4n) is 2.18. The Morgan fingerprint density at radius 2 is 1.70 bits per heavy atom. The lowest BCUT2D eigenvalue weighted by atomic mass is 10.1. The van der Waals surface area contributed by atoms with Crippen LogP contribution in [0, 0.1) is 6.92 Å². The fourth-order valence-corrected chi connectivity index (χ4v) is 2.18. The van der Waals surface area contributed by atoms with Crippen molar-refractivity contribution in [2.24, 2.45) is 0 Å². The van der Waals surface area contributed by atoms with Crippen LogP contribution in [0.5, 0.6) is 11.5 Å². The van der Waals surface area contributed by atoms with Crippen LogP contribution in [0.25, 0.3) is 0 Å². The van der Waals surface area contributed by atoms with E-state index in [1.165, 1.54) is 11.1 Å². The standard InChI is InChI=1S/C17H19NO2/c1-13-3-5-14(6-4-13)12-18-15-7-8-16-17(11-15)20-10-2-9-19-16/h3-8,11,18H,2,9-10,12H2,1H3. The molecule has 1 heterocycles. The highest BCUT2D eigenvalue weighted by atomic mass is 16.5. The third kappa shape index (κ3) is 3.05. The summed E-state index contributed by atoms with van der Waals surface area (Å²) in [6.07, 6.45) is 0.931. The third-order valence-electron chi connectivity index (χ3n) is 3.36. The first-order chi connectivity index (χ1) is 9.81. The zero-order chi connectivity index (χ0) is 13.8. The highest BCUT2D eigenvalue weighted by Gasteiger charge is 2.10. The molecule has 1 N–H and O–H groups in total. The molecule has 0 amide bonds. The van der Waals surface area contributed by atoms with Gasteiger partial charge in [-0.15, -0.1) is 0 Å². The largest absolute Gasteiger partial charge is 0.490 e. The zero-order valence-corrected chi connectivity index (χ0v) is 11.7. The van der Waals surface area contributed by atoms with E-state index in [0.29, 0.717) is 6.61 Å². The van der Waals surface area contributed by atoms with Crippen molar-refractivity contribution in [1.82, 2.24) is 0 Å². The summed E-state index contributed by atoms with van der Waals surface area (Å²) in [7, 11) is 0. The molecule has 0 spiro atoms. The topological polar surface area (TPSA) is 30.5 Å². The molecule has 2 aromatic carbocycles. The molecule has 104 valence electrons. The van der Waals surface area contributed by atoms with Crippen molar-refractivity contribution in [3.8, 4) is 11.5 Å². The lowest BCUT2D eigenvalue weighted by Gasteiger charge is -2.11. The van der Waals surface area contributed by atoms with Gasteiger partial charge in [-0.05, 0) is 24.6 Å². The first kappa shape index (κ1) is 12.9. The predicted octanol–water partition coefficient (Wildman–Crippen LogP) is 3.77. The number of hydrogen-bond acceptors (Lipinski definition) is 3. The SMILES string of the molecule is Cc1ccc(CNc2ccc3c(c2)OCCCO3)cc1. The average molecular weight is 269 g/mol. The Labute approximate surface area is 119 Å². The maximum atomic E-state index is 5.69. The minimum atomic E-state index is 0.717.